The minimum absolute atomic E-state index is 0.00551. The topological polar surface area (TPSA) is 233 Å². The SMILES string of the molecule is Bc1c(O)c(C(/N=C(\N)c2ccc(-c3ccccc3)cc2)=N/Cc2cccc(-c3ccccc3)c2)c(O)c(O)c1-c1c(O)c(O)c(O)c2c1sc1c(O)c(O)c(B)c(O)c12. The number of benzene rings is 7. The summed E-state index contributed by atoms with van der Waals surface area (Å²) in [7, 11) is 2.70. The number of aliphatic imine (C=N–C) groups is 2. The molecule has 0 bridgehead atoms. The van der Waals surface area contributed by atoms with Crippen molar-refractivity contribution >= 4 is 69.8 Å². The van der Waals surface area contributed by atoms with Gasteiger partial charge in [-0.1, -0.05) is 103 Å². The largest absolute Gasteiger partial charge is 0.508 e. The van der Waals surface area contributed by atoms with Gasteiger partial charge in [0.1, 0.15) is 38.6 Å². The van der Waals surface area contributed by atoms with Crippen LogP contribution in [0.5, 0.6) is 51.7 Å². The molecule has 0 saturated carbocycles. The summed E-state index contributed by atoms with van der Waals surface area (Å²) in [4.78, 5) is 9.31. The Bertz CT molecular complexity index is 3050. The Morgan fingerprint density at radius 1 is 0.500 bits per heavy atom. The van der Waals surface area contributed by atoms with Gasteiger partial charge in [0.25, 0.3) is 0 Å². The average Bonchev–Trinajstić information content (AvgIpc) is 3.68. The predicted molar refractivity (Wildman–Crippen MR) is 241 cm³/mol. The molecular weight excluding hydrogens is 780 g/mol. The maximum Gasteiger partial charge on any atom is 0.201 e. The number of rotatable bonds is 7. The molecule has 8 aromatic rings. The summed E-state index contributed by atoms with van der Waals surface area (Å²) in [5, 5.41) is 101. The number of amidine groups is 2. The van der Waals surface area contributed by atoms with Crippen LogP contribution in [-0.2, 0) is 6.54 Å². The monoisotopic (exact) mass is 815 g/mol. The van der Waals surface area contributed by atoms with E-state index in [0.29, 0.717) is 16.9 Å². The number of nitrogens with two attached hydrogens (primary N) is 1. The standard InChI is InChI=1S/C45H35B2N3O9S/c46-31-26(27-36(54)40(58)37(55)29-28-33(51)32(47)39(57)41(59)43(28)60-42(27)29)35(53)38(56)30(34(31)52)45(49-19-20-8-7-13-25(18-20)22-11-5-2-6-12-22)50-44(48)24-16-14-23(15-17-24)21-9-3-1-4-10-21/h1-18,51-59H,19,46-47H2,(H2,48,49,50). The van der Waals surface area contributed by atoms with Crippen molar-refractivity contribution in [2.24, 2.45) is 15.7 Å². The minimum Gasteiger partial charge on any atom is -0.508 e. The molecule has 15 heteroatoms. The first-order valence-electron chi connectivity index (χ1n) is 18.5. The zero-order valence-corrected chi connectivity index (χ0v) is 32.8. The molecule has 0 atom stereocenters. The van der Waals surface area contributed by atoms with E-state index in [2.05, 4.69) is 4.99 Å². The van der Waals surface area contributed by atoms with Crippen LogP contribution in [0.15, 0.2) is 119 Å². The van der Waals surface area contributed by atoms with Gasteiger partial charge < -0.3 is 51.7 Å². The van der Waals surface area contributed by atoms with Crippen molar-refractivity contribution in [3.05, 3.63) is 126 Å². The van der Waals surface area contributed by atoms with Crippen LogP contribution < -0.4 is 16.7 Å². The van der Waals surface area contributed by atoms with Crippen LogP contribution in [0.1, 0.15) is 16.7 Å². The lowest BCUT2D eigenvalue weighted by molar-refractivity contribution is 0.372. The van der Waals surface area contributed by atoms with Crippen molar-refractivity contribution in [3.63, 3.8) is 0 Å². The Balaban J connectivity index is 1.32. The highest BCUT2D eigenvalue weighted by atomic mass is 32.1. The van der Waals surface area contributed by atoms with Gasteiger partial charge in [0.2, 0.25) is 5.75 Å². The van der Waals surface area contributed by atoms with Crippen molar-refractivity contribution in [1.82, 2.24) is 0 Å². The van der Waals surface area contributed by atoms with E-state index in [4.69, 9.17) is 10.7 Å². The van der Waals surface area contributed by atoms with Crippen LogP contribution in [-0.4, -0.2) is 73.3 Å². The second-order valence-electron chi connectivity index (χ2n) is 14.2. The van der Waals surface area contributed by atoms with Crippen molar-refractivity contribution in [3.8, 4) is 85.1 Å². The van der Waals surface area contributed by atoms with Gasteiger partial charge >= 0.3 is 0 Å². The number of thiophene rings is 1. The fourth-order valence-corrected chi connectivity index (χ4v) is 8.61. The molecule has 7 aromatic carbocycles. The number of aromatic hydroxyl groups is 9. The van der Waals surface area contributed by atoms with Crippen LogP contribution in [0.25, 0.3) is 53.6 Å². The van der Waals surface area contributed by atoms with Gasteiger partial charge in [-0.25, -0.2) is 4.99 Å². The van der Waals surface area contributed by atoms with Crippen molar-refractivity contribution in [2.75, 3.05) is 0 Å². The highest BCUT2D eigenvalue weighted by Crippen LogP contribution is 2.59. The Morgan fingerprint density at radius 2 is 1.07 bits per heavy atom. The van der Waals surface area contributed by atoms with E-state index in [9.17, 15) is 46.0 Å². The number of phenols is 9. The number of phenolic OH excluding ortho intramolecular Hbond substituents is 9. The molecule has 0 aliphatic rings. The third kappa shape index (κ3) is 6.46. The first kappa shape index (κ1) is 39.1. The van der Waals surface area contributed by atoms with Gasteiger partial charge in [0.05, 0.1) is 21.3 Å². The Morgan fingerprint density at radius 3 is 1.72 bits per heavy atom. The van der Waals surface area contributed by atoms with Crippen LogP contribution in [0.2, 0.25) is 0 Å². The maximum absolute atomic E-state index is 12.0. The lowest BCUT2D eigenvalue weighted by Crippen LogP contribution is -2.18. The van der Waals surface area contributed by atoms with E-state index in [1.165, 1.54) is 15.7 Å². The van der Waals surface area contributed by atoms with Gasteiger partial charge in [-0.2, -0.15) is 0 Å². The second-order valence-corrected chi connectivity index (χ2v) is 15.2. The zero-order valence-electron chi connectivity index (χ0n) is 32.0. The molecule has 0 amide bonds. The number of nitrogens with zero attached hydrogens (tertiary/aromatic N) is 2. The maximum atomic E-state index is 12.0. The normalized spacial score (nSPS) is 12.1. The number of fused-ring (bicyclic) bond motifs is 3. The smallest absolute Gasteiger partial charge is 0.201 e. The minimum atomic E-state index is -1.06. The average molecular weight is 815 g/mol. The fraction of sp³-hybridized carbons (Fsp3) is 0.0222. The molecule has 1 heterocycles. The molecule has 0 radical (unpaired) electrons. The Kier molecular flexibility index (Phi) is 9.90. The first-order chi connectivity index (χ1) is 28.8. The lowest BCUT2D eigenvalue weighted by Gasteiger charge is -2.19. The van der Waals surface area contributed by atoms with Crippen LogP contribution in [0.4, 0.5) is 0 Å². The molecule has 0 aliphatic carbocycles. The molecule has 0 unspecified atom stereocenters. The molecule has 60 heavy (non-hydrogen) atoms. The molecule has 0 saturated heterocycles. The second kappa shape index (κ2) is 15.2. The molecule has 0 spiro atoms. The van der Waals surface area contributed by atoms with Crippen LogP contribution in [0, 0.1) is 0 Å². The third-order valence-electron chi connectivity index (χ3n) is 10.5. The van der Waals surface area contributed by atoms with Gasteiger partial charge in [0, 0.05) is 22.1 Å². The van der Waals surface area contributed by atoms with E-state index in [1.807, 2.05) is 97.1 Å². The number of hydrogen-bond acceptors (Lipinski definition) is 11. The fourth-order valence-electron chi connectivity index (χ4n) is 7.31. The molecule has 12 nitrogen and oxygen atoms in total. The highest BCUT2D eigenvalue weighted by molar-refractivity contribution is 7.27. The summed E-state index contributed by atoms with van der Waals surface area (Å²) in [6.45, 7) is -0.00551. The first-order valence-corrected chi connectivity index (χ1v) is 19.3. The van der Waals surface area contributed by atoms with Gasteiger partial charge in [-0.15, -0.1) is 11.3 Å². The number of hydrogen-bond donors (Lipinski definition) is 10. The van der Waals surface area contributed by atoms with Gasteiger partial charge in [-0.3, -0.25) is 4.99 Å². The van der Waals surface area contributed by atoms with Crippen molar-refractivity contribution < 1.29 is 46.0 Å². The molecule has 296 valence electrons. The van der Waals surface area contributed by atoms with Crippen LogP contribution in [0.3, 0.4) is 0 Å². The van der Waals surface area contributed by atoms with Crippen molar-refractivity contribution in [1.29, 1.82) is 0 Å². The molecule has 1 aromatic heterocycles. The van der Waals surface area contributed by atoms with Gasteiger partial charge in [-0.05, 0) is 44.8 Å². The molecule has 8 rings (SSSR count). The van der Waals surface area contributed by atoms with Crippen LogP contribution >= 0.6 is 11.3 Å². The summed E-state index contributed by atoms with van der Waals surface area (Å²) in [5.74, 6) is -7.40. The Hall–Kier alpha value is -7.77. The quantitative estimate of drug-likeness (QED) is 0.0329. The van der Waals surface area contributed by atoms with Gasteiger partial charge in [0.15, 0.2) is 40.3 Å². The predicted octanol–water partition coefficient (Wildman–Crippen LogP) is 5.28. The summed E-state index contributed by atoms with van der Waals surface area (Å²) in [5.41, 5.74) is 10.2. The molecule has 0 aliphatic heterocycles. The highest BCUT2D eigenvalue weighted by Gasteiger charge is 2.33. The van der Waals surface area contributed by atoms with E-state index in [-0.39, 0.29) is 60.4 Å². The molecule has 11 N–H and O–H groups in total. The lowest BCUT2D eigenvalue weighted by atomic mass is 9.82. The van der Waals surface area contributed by atoms with Crippen molar-refractivity contribution in [2.45, 2.75) is 6.54 Å². The molecule has 0 fully saturated rings. The van der Waals surface area contributed by atoms with E-state index in [0.717, 1.165) is 27.8 Å². The summed E-state index contributed by atoms with van der Waals surface area (Å²) >= 11 is 0.697. The summed E-state index contributed by atoms with van der Waals surface area (Å²) in [6, 6.07) is 34.3. The van der Waals surface area contributed by atoms with E-state index in [1.54, 1.807) is 12.1 Å². The van der Waals surface area contributed by atoms with E-state index >= 15 is 0 Å². The summed E-state index contributed by atoms with van der Waals surface area (Å²) < 4.78 is -0.214. The third-order valence-corrected chi connectivity index (χ3v) is 11.8. The Labute approximate surface area is 347 Å². The molecular formula is C45H35B2N3O9S. The zero-order chi connectivity index (χ0) is 42.6. The summed E-state index contributed by atoms with van der Waals surface area (Å²) in [6.07, 6.45) is 0. The van der Waals surface area contributed by atoms with E-state index < -0.39 is 57.3 Å².